The van der Waals surface area contributed by atoms with E-state index in [1.54, 1.807) is 4.90 Å². The van der Waals surface area contributed by atoms with Gasteiger partial charge in [-0.1, -0.05) is 13.8 Å². The van der Waals surface area contributed by atoms with Gasteiger partial charge in [-0.05, 0) is 27.2 Å². The molecule has 0 aliphatic carbocycles. The van der Waals surface area contributed by atoms with Gasteiger partial charge in [0.2, 0.25) is 0 Å². The van der Waals surface area contributed by atoms with Gasteiger partial charge in [-0.2, -0.15) is 0 Å². The third-order valence-corrected chi connectivity index (χ3v) is 2.01. The van der Waals surface area contributed by atoms with Crippen LogP contribution in [0.4, 0.5) is 0 Å². The lowest BCUT2D eigenvalue weighted by Gasteiger charge is -2.17. The van der Waals surface area contributed by atoms with Gasteiger partial charge in [-0.15, -0.1) is 0 Å². The maximum Gasteiger partial charge on any atom is 0.320 e. The minimum atomic E-state index is -0.151. The van der Waals surface area contributed by atoms with Crippen molar-refractivity contribution in [1.82, 2.24) is 9.80 Å². The summed E-state index contributed by atoms with van der Waals surface area (Å²) in [5, 5.41) is 0. The average molecular weight is 202 g/mol. The Morgan fingerprint density at radius 1 is 1.21 bits per heavy atom. The van der Waals surface area contributed by atoms with Crippen molar-refractivity contribution in [1.29, 1.82) is 0 Å². The predicted octanol–water partition coefficient (Wildman–Crippen LogP) is 0.433. The van der Waals surface area contributed by atoms with E-state index < -0.39 is 0 Å². The van der Waals surface area contributed by atoms with E-state index in [2.05, 4.69) is 18.7 Å². The molecule has 0 radical (unpaired) electrons. The van der Waals surface area contributed by atoms with Crippen LogP contribution in [0.2, 0.25) is 0 Å². The average Bonchev–Trinajstić information content (AvgIpc) is 2.11. The van der Waals surface area contributed by atoms with E-state index in [1.807, 2.05) is 14.1 Å². The van der Waals surface area contributed by atoms with Gasteiger partial charge >= 0.3 is 5.97 Å². The van der Waals surface area contributed by atoms with E-state index in [9.17, 15) is 4.79 Å². The van der Waals surface area contributed by atoms with Crippen molar-refractivity contribution >= 4 is 5.97 Å². The maximum absolute atomic E-state index is 11.1. The Morgan fingerprint density at radius 2 is 1.79 bits per heavy atom. The summed E-state index contributed by atoms with van der Waals surface area (Å²) in [6.07, 6.45) is 0. The van der Waals surface area contributed by atoms with Crippen LogP contribution >= 0.6 is 0 Å². The zero-order valence-corrected chi connectivity index (χ0v) is 9.75. The molecular formula is C10H22N2O2. The maximum atomic E-state index is 11.1. The molecule has 0 aromatic heterocycles. The Kier molecular flexibility index (Phi) is 7.42. The number of carbonyl (C=O) groups excluding carboxylic acids is 1. The lowest BCUT2D eigenvalue weighted by atomic mass is 10.5. The number of hydrogen-bond acceptors (Lipinski definition) is 4. The van der Waals surface area contributed by atoms with Gasteiger partial charge in [-0.25, -0.2) is 0 Å². The van der Waals surface area contributed by atoms with Gasteiger partial charge in [-0.3, -0.25) is 9.69 Å². The van der Waals surface area contributed by atoms with E-state index in [1.165, 1.54) is 0 Å². The second kappa shape index (κ2) is 7.76. The largest absolute Gasteiger partial charge is 0.463 e. The molecule has 14 heavy (non-hydrogen) atoms. The molecule has 0 atom stereocenters. The Labute approximate surface area is 86.8 Å². The van der Waals surface area contributed by atoms with Crippen molar-refractivity contribution in [2.24, 2.45) is 0 Å². The van der Waals surface area contributed by atoms with Gasteiger partial charge < -0.3 is 9.64 Å². The summed E-state index contributed by atoms with van der Waals surface area (Å²) in [6, 6.07) is 0. The SMILES string of the molecule is CCN(CC)CCOC(=O)CN(C)C. The third kappa shape index (κ3) is 6.86. The van der Waals surface area contributed by atoms with Crippen LogP contribution in [0.3, 0.4) is 0 Å². The van der Waals surface area contributed by atoms with E-state index in [-0.39, 0.29) is 5.97 Å². The molecule has 0 rings (SSSR count). The summed E-state index contributed by atoms with van der Waals surface area (Å²) in [4.78, 5) is 15.2. The smallest absolute Gasteiger partial charge is 0.320 e. The first-order valence-electron chi connectivity index (χ1n) is 5.12. The second-order valence-corrected chi connectivity index (χ2v) is 3.49. The highest BCUT2D eigenvalue weighted by Gasteiger charge is 2.05. The molecule has 0 amide bonds. The third-order valence-electron chi connectivity index (χ3n) is 2.01. The summed E-state index contributed by atoms with van der Waals surface area (Å²) in [6.45, 7) is 7.89. The summed E-state index contributed by atoms with van der Waals surface area (Å²) in [5.41, 5.74) is 0. The molecule has 0 aromatic rings. The van der Waals surface area contributed by atoms with Crippen molar-refractivity contribution in [2.45, 2.75) is 13.8 Å². The fourth-order valence-electron chi connectivity index (χ4n) is 1.13. The van der Waals surface area contributed by atoms with Gasteiger partial charge in [0.1, 0.15) is 6.61 Å². The van der Waals surface area contributed by atoms with E-state index >= 15 is 0 Å². The minimum absolute atomic E-state index is 0.151. The number of esters is 1. The van der Waals surface area contributed by atoms with Crippen molar-refractivity contribution < 1.29 is 9.53 Å². The highest BCUT2D eigenvalue weighted by atomic mass is 16.5. The van der Waals surface area contributed by atoms with E-state index in [4.69, 9.17) is 4.74 Å². The molecule has 0 fully saturated rings. The fraction of sp³-hybridized carbons (Fsp3) is 0.900. The molecule has 0 aromatic carbocycles. The van der Waals surface area contributed by atoms with Crippen LogP contribution in [0.1, 0.15) is 13.8 Å². The lowest BCUT2D eigenvalue weighted by Crippen LogP contribution is -2.30. The van der Waals surface area contributed by atoms with Crippen LogP contribution < -0.4 is 0 Å². The summed E-state index contributed by atoms with van der Waals surface area (Å²) >= 11 is 0. The van der Waals surface area contributed by atoms with Gasteiger partial charge in [0.15, 0.2) is 0 Å². The zero-order chi connectivity index (χ0) is 11.0. The first-order chi connectivity index (χ1) is 6.60. The first-order valence-corrected chi connectivity index (χ1v) is 5.12. The standard InChI is InChI=1S/C10H22N2O2/c1-5-12(6-2)7-8-14-10(13)9-11(3)4/h5-9H2,1-4H3. The van der Waals surface area contributed by atoms with Crippen LogP contribution in [-0.2, 0) is 9.53 Å². The molecule has 0 spiro atoms. The molecule has 0 aliphatic rings. The number of rotatable bonds is 7. The molecule has 0 saturated carbocycles. The number of ether oxygens (including phenoxy) is 1. The highest BCUT2D eigenvalue weighted by Crippen LogP contribution is 1.88. The van der Waals surface area contributed by atoms with Gasteiger partial charge in [0.25, 0.3) is 0 Å². The molecule has 4 heteroatoms. The quantitative estimate of drug-likeness (QED) is 0.561. The van der Waals surface area contributed by atoms with Gasteiger partial charge in [0, 0.05) is 6.54 Å². The monoisotopic (exact) mass is 202 g/mol. The topological polar surface area (TPSA) is 32.8 Å². The number of likely N-dealkylation sites (N-methyl/N-ethyl adjacent to an activating group) is 2. The molecule has 0 unspecified atom stereocenters. The van der Waals surface area contributed by atoms with Crippen LogP contribution in [-0.4, -0.2) is 62.7 Å². The molecule has 0 N–H and O–H groups in total. The highest BCUT2D eigenvalue weighted by molar-refractivity contribution is 5.71. The molecule has 0 aliphatic heterocycles. The lowest BCUT2D eigenvalue weighted by molar-refractivity contribution is -0.144. The van der Waals surface area contributed by atoms with Crippen LogP contribution in [0.25, 0.3) is 0 Å². The summed E-state index contributed by atoms with van der Waals surface area (Å²) < 4.78 is 5.06. The second-order valence-electron chi connectivity index (χ2n) is 3.49. The fourth-order valence-corrected chi connectivity index (χ4v) is 1.13. The number of carbonyl (C=O) groups is 1. The van der Waals surface area contributed by atoms with E-state index in [0.29, 0.717) is 13.2 Å². The zero-order valence-electron chi connectivity index (χ0n) is 9.75. The number of hydrogen-bond donors (Lipinski definition) is 0. The van der Waals surface area contributed by atoms with Crippen LogP contribution in [0, 0.1) is 0 Å². The first kappa shape index (κ1) is 13.4. The summed E-state index contributed by atoms with van der Waals surface area (Å²) in [7, 11) is 3.71. The van der Waals surface area contributed by atoms with Crippen molar-refractivity contribution in [3.05, 3.63) is 0 Å². The normalized spacial score (nSPS) is 11.0. The number of nitrogens with zero attached hydrogens (tertiary/aromatic N) is 2. The molecule has 84 valence electrons. The van der Waals surface area contributed by atoms with Crippen LogP contribution in [0.15, 0.2) is 0 Å². The predicted molar refractivity (Wildman–Crippen MR) is 57.3 cm³/mol. The minimum Gasteiger partial charge on any atom is -0.463 e. The Morgan fingerprint density at radius 3 is 2.21 bits per heavy atom. The van der Waals surface area contributed by atoms with Crippen molar-refractivity contribution in [2.75, 3.05) is 46.9 Å². The Bertz CT molecular complexity index is 156. The Hall–Kier alpha value is -0.610. The van der Waals surface area contributed by atoms with Crippen molar-refractivity contribution in [3.8, 4) is 0 Å². The molecule has 0 bridgehead atoms. The molecule has 4 nitrogen and oxygen atoms in total. The molecular weight excluding hydrogens is 180 g/mol. The molecule has 0 saturated heterocycles. The summed E-state index contributed by atoms with van der Waals surface area (Å²) in [5.74, 6) is -0.151. The Balaban J connectivity index is 3.48. The van der Waals surface area contributed by atoms with E-state index in [0.717, 1.165) is 19.6 Å². The van der Waals surface area contributed by atoms with Crippen LogP contribution in [0.5, 0.6) is 0 Å². The van der Waals surface area contributed by atoms with Crippen molar-refractivity contribution in [3.63, 3.8) is 0 Å². The molecule has 0 heterocycles. The van der Waals surface area contributed by atoms with Gasteiger partial charge in [0.05, 0.1) is 6.54 Å².